The van der Waals surface area contributed by atoms with Crippen molar-refractivity contribution in [2.45, 2.75) is 19.8 Å². The largest absolute Gasteiger partial charge is 0.0853 e. The van der Waals surface area contributed by atoms with Crippen molar-refractivity contribution in [1.29, 1.82) is 0 Å². The minimum atomic E-state index is 0.431. The first-order valence-electron chi connectivity index (χ1n) is 2.70. The van der Waals surface area contributed by atoms with Crippen molar-refractivity contribution in [3.05, 3.63) is 18.6 Å². The Balaban J connectivity index is 2.42. The Morgan fingerprint density at radius 2 is 2.57 bits per heavy atom. The molecule has 1 unspecified atom stereocenters. The lowest BCUT2D eigenvalue weighted by atomic mass is 10.1. The first-order chi connectivity index (χ1) is 3.29. The fourth-order valence-electron chi connectivity index (χ4n) is 0.933. The van der Waals surface area contributed by atoms with Crippen LogP contribution in [0.4, 0.5) is 0 Å². The van der Waals surface area contributed by atoms with E-state index in [9.17, 15) is 0 Å². The summed E-state index contributed by atoms with van der Waals surface area (Å²) < 4.78 is 0. The van der Waals surface area contributed by atoms with Gasteiger partial charge in [0.2, 0.25) is 0 Å². The van der Waals surface area contributed by atoms with E-state index in [0.29, 0.717) is 5.92 Å². The molecule has 0 aliphatic heterocycles. The van der Waals surface area contributed by atoms with Crippen molar-refractivity contribution < 1.29 is 0 Å². The molecule has 1 aliphatic carbocycles. The summed E-state index contributed by atoms with van der Waals surface area (Å²) >= 11 is 0. The highest BCUT2D eigenvalue weighted by Crippen LogP contribution is 2.22. The lowest BCUT2D eigenvalue weighted by molar-refractivity contribution is 0.699. The Bertz CT molecular complexity index is 90.2. The van der Waals surface area contributed by atoms with Gasteiger partial charge in [-0.05, 0) is 32.6 Å². The van der Waals surface area contributed by atoms with Crippen LogP contribution in [-0.2, 0) is 0 Å². The predicted octanol–water partition coefficient (Wildman–Crippen LogP) is 2.05. The number of rotatable bonds is 0. The van der Waals surface area contributed by atoms with Gasteiger partial charge in [-0.1, -0.05) is 11.6 Å². The van der Waals surface area contributed by atoms with Crippen LogP contribution in [0.1, 0.15) is 19.8 Å². The second kappa shape index (κ2) is 1.69. The van der Waals surface area contributed by atoms with Gasteiger partial charge < -0.3 is 0 Å². The lowest BCUT2D eigenvalue weighted by Crippen LogP contribution is -1.82. The monoisotopic (exact) mass is 94.1 g/mol. The molecule has 0 heterocycles. The van der Waals surface area contributed by atoms with E-state index in [1.165, 1.54) is 5.57 Å². The van der Waals surface area contributed by atoms with Crippen molar-refractivity contribution in [3.63, 3.8) is 0 Å². The minimum absolute atomic E-state index is 0.431. The third-order valence-corrected chi connectivity index (χ3v) is 1.35. The van der Waals surface area contributed by atoms with E-state index in [4.69, 9.17) is 6.92 Å². The zero-order chi connectivity index (χ0) is 5.28. The Labute approximate surface area is 45.2 Å². The topological polar surface area (TPSA) is 0 Å². The van der Waals surface area contributed by atoms with Crippen LogP contribution < -0.4 is 0 Å². The highest BCUT2D eigenvalue weighted by molar-refractivity contribution is 5.07. The van der Waals surface area contributed by atoms with Gasteiger partial charge in [0.25, 0.3) is 0 Å². The summed E-state index contributed by atoms with van der Waals surface area (Å²) in [6.07, 6.45) is 4.41. The van der Waals surface area contributed by atoms with Crippen LogP contribution in [0.2, 0.25) is 0 Å². The maximum Gasteiger partial charge on any atom is -0.0289 e. The summed E-state index contributed by atoms with van der Waals surface area (Å²) in [6.45, 7) is 7.70. The molecule has 0 nitrogen and oxygen atoms in total. The Morgan fingerprint density at radius 1 is 1.86 bits per heavy atom. The van der Waals surface area contributed by atoms with Gasteiger partial charge in [-0.25, -0.2) is 0 Å². The van der Waals surface area contributed by atoms with Crippen LogP contribution in [0.5, 0.6) is 0 Å². The van der Waals surface area contributed by atoms with Crippen LogP contribution >= 0.6 is 0 Å². The van der Waals surface area contributed by atoms with Gasteiger partial charge in [-0.3, -0.25) is 0 Å². The maximum absolute atomic E-state index is 5.57. The Morgan fingerprint density at radius 3 is 2.71 bits per heavy atom. The third kappa shape index (κ3) is 1.05. The van der Waals surface area contributed by atoms with Crippen LogP contribution in [0.3, 0.4) is 0 Å². The zero-order valence-electron chi connectivity index (χ0n) is 4.65. The molecule has 2 radical (unpaired) electrons. The second-order valence-corrected chi connectivity index (χ2v) is 2.25. The van der Waals surface area contributed by atoms with E-state index in [0.717, 1.165) is 12.8 Å². The van der Waals surface area contributed by atoms with Gasteiger partial charge in [0.1, 0.15) is 0 Å². The molecule has 0 spiro atoms. The van der Waals surface area contributed by atoms with E-state index in [1.807, 2.05) is 0 Å². The van der Waals surface area contributed by atoms with Gasteiger partial charge in [0.05, 0.1) is 0 Å². The second-order valence-electron chi connectivity index (χ2n) is 2.25. The standard InChI is InChI=1S/C7H10/c1-6-3-4-7(2)5-6/h1,4,6H,3,5H2,2H3. The van der Waals surface area contributed by atoms with Gasteiger partial charge in [-0.2, -0.15) is 0 Å². The molecular weight excluding hydrogens is 84.1 g/mol. The highest BCUT2D eigenvalue weighted by Gasteiger charge is 2.07. The molecule has 0 N–H and O–H groups in total. The van der Waals surface area contributed by atoms with Crippen LogP contribution in [0, 0.1) is 12.8 Å². The fraction of sp³-hybridized carbons (Fsp3) is 0.571. The molecule has 0 aromatic heterocycles. The van der Waals surface area contributed by atoms with Crippen molar-refractivity contribution in [2.24, 2.45) is 5.92 Å². The molecule has 0 bridgehead atoms. The minimum Gasteiger partial charge on any atom is -0.0853 e. The molecule has 38 valence electrons. The molecule has 0 aromatic carbocycles. The third-order valence-electron chi connectivity index (χ3n) is 1.35. The zero-order valence-corrected chi connectivity index (χ0v) is 4.65. The van der Waals surface area contributed by atoms with E-state index in [1.54, 1.807) is 0 Å². The highest BCUT2D eigenvalue weighted by atomic mass is 14.1. The summed E-state index contributed by atoms with van der Waals surface area (Å²) in [7, 11) is 0. The van der Waals surface area contributed by atoms with E-state index < -0.39 is 0 Å². The van der Waals surface area contributed by atoms with Crippen molar-refractivity contribution >= 4 is 0 Å². The first-order valence-corrected chi connectivity index (χ1v) is 2.70. The molecule has 1 atom stereocenters. The molecule has 0 heteroatoms. The number of allylic oxidation sites excluding steroid dienone is 2. The van der Waals surface area contributed by atoms with Crippen LogP contribution in [0.25, 0.3) is 0 Å². The molecule has 7 heavy (non-hydrogen) atoms. The lowest BCUT2D eigenvalue weighted by Gasteiger charge is -1.94. The smallest absolute Gasteiger partial charge is 0.0289 e. The molecule has 0 fully saturated rings. The van der Waals surface area contributed by atoms with E-state index in [-0.39, 0.29) is 0 Å². The van der Waals surface area contributed by atoms with Gasteiger partial charge in [0.15, 0.2) is 0 Å². The number of hydrogen-bond acceptors (Lipinski definition) is 0. The molecular formula is C7H10. The molecule has 1 rings (SSSR count). The average Bonchev–Trinajstić information content (AvgIpc) is 1.87. The summed E-state index contributed by atoms with van der Waals surface area (Å²) in [5, 5.41) is 0. The quantitative estimate of drug-likeness (QED) is 0.403. The van der Waals surface area contributed by atoms with Gasteiger partial charge >= 0.3 is 0 Å². The SMILES string of the molecule is [CH]C1CC=C(C)C1. The maximum atomic E-state index is 5.57. The number of hydrogen-bond donors (Lipinski definition) is 0. The normalized spacial score (nSPS) is 30.6. The van der Waals surface area contributed by atoms with Crippen molar-refractivity contribution in [3.8, 4) is 0 Å². The molecule has 0 aromatic rings. The molecule has 0 amide bonds. The summed E-state index contributed by atoms with van der Waals surface area (Å²) in [6, 6.07) is 0. The first kappa shape index (κ1) is 4.89. The summed E-state index contributed by atoms with van der Waals surface area (Å²) in [4.78, 5) is 0. The molecule has 0 saturated carbocycles. The van der Waals surface area contributed by atoms with Crippen LogP contribution in [0.15, 0.2) is 11.6 Å². The van der Waals surface area contributed by atoms with Crippen molar-refractivity contribution in [2.75, 3.05) is 0 Å². The summed E-state index contributed by atoms with van der Waals surface area (Å²) in [5.41, 5.74) is 1.45. The predicted molar refractivity (Wildman–Crippen MR) is 30.8 cm³/mol. The van der Waals surface area contributed by atoms with Gasteiger partial charge in [-0.15, -0.1) is 0 Å². The van der Waals surface area contributed by atoms with E-state index >= 15 is 0 Å². The van der Waals surface area contributed by atoms with Crippen LogP contribution in [-0.4, -0.2) is 0 Å². The van der Waals surface area contributed by atoms with E-state index in [2.05, 4.69) is 13.0 Å². The van der Waals surface area contributed by atoms with Crippen molar-refractivity contribution in [1.82, 2.24) is 0 Å². The Kier molecular flexibility index (Phi) is 1.18. The molecule has 0 saturated heterocycles. The average molecular weight is 94.2 g/mol. The van der Waals surface area contributed by atoms with Gasteiger partial charge in [0, 0.05) is 0 Å². The Hall–Kier alpha value is -0.260. The fourth-order valence-corrected chi connectivity index (χ4v) is 0.933. The molecule has 1 aliphatic rings. The summed E-state index contributed by atoms with van der Waals surface area (Å²) in [5.74, 6) is 0.431.